The lowest BCUT2D eigenvalue weighted by atomic mass is 9.94. The van der Waals surface area contributed by atoms with Gasteiger partial charge >= 0.3 is 0 Å². The first-order chi connectivity index (χ1) is 10.1. The van der Waals surface area contributed by atoms with Crippen molar-refractivity contribution in [3.05, 3.63) is 29.8 Å². The number of rotatable bonds is 2. The van der Waals surface area contributed by atoms with Crippen LogP contribution in [-0.2, 0) is 9.59 Å². The summed E-state index contributed by atoms with van der Waals surface area (Å²) in [7, 11) is 0. The number of amides is 1. The van der Waals surface area contributed by atoms with Gasteiger partial charge in [-0.25, -0.2) is 5.43 Å². The summed E-state index contributed by atoms with van der Waals surface area (Å²) in [6.07, 6.45) is 2.34. The zero-order valence-electron chi connectivity index (χ0n) is 11.9. The van der Waals surface area contributed by atoms with Gasteiger partial charge in [-0.15, -0.1) is 0 Å². The van der Waals surface area contributed by atoms with Crippen LogP contribution in [0.25, 0.3) is 0 Å². The van der Waals surface area contributed by atoms with E-state index in [0.717, 1.165) is 29.1 Å². The van der Waals surface area contributed by atoms with Crippen molar-refractivity contribution in [2.75, 3.05) is 0 Å². The molecule has 0 aromatic heterocycles. The number of carbonyl (C=O) groups excluding carboxylic acids is 2. The summed E-state index contributed by atoms with van der Waals surface area (Å²) in [5.41, 5.74) is 6.23. The van der Waals surface area contributed by atoms with Crippen molar-refractivity contribution in [1.29, 1.82) is 0 Å². The predicted octanol–water partition coefficient (Wildman–Crippen LogP) is 2.37. The Kier molecular flexibility index (Phi) is 3.64. The second-order valence-corrected chi connectivity index (χ2v) is 5.58. The average Bonchev–Trinajstić information content (AvgIpc) is 2.85. The Bertz CT molecular complexity index is 644. The van der Waals surface area contributed by atoms with Gasteiger partial charge in [-0.2, -0.15) is 5.10 Å². The number of carbonyl (C=O) groups is 2. The highest BCUT2D eigenvalue weighted by Gasteiger charge is 2.21. The molecule has 2 aliphatic rings. The first-order valence-corrected chi connectivity index (χ1v) is 7.17. The quantitative estimate of drug-likeness (QED) is 0.905. The SMILES string of the molecule is CC1CC(=O)NN=C1c1ccc(N=C2CCC(=O)C2)cc1. The minimum Gasteiger partial charge on any atom is -0.299 e. The fourth-order valence-electron chi connectivity index (χ4n) is 2.68. The second-order valence-electron chi connectivity index (χ2n) is 5.58. The van der Waals surface area contributed by atoms with E-state index in [0.29, 0.717) is 19.3 Å². The third-order valence-corrected chi connectivity index (χ3v) is 3.80. The fourth-order valence-corrected chi connectivity index (χ4v) is 2.68. The molecule has 1 aromatic rings. The van der Waals surface area contributed by atoms with E-state index in [1.165, 1.54) is 0 Å². The largest absolute Gasteiger partial charge is 0.299 e. The standard InChI is InChI=1S/C16H17N3O2/c1-10-8-15(21)18-19-16(10)11-2-4-12(5-3-11)17-13-6-7-14(20)9-13/h2-5,10H,6-9H2,1H3,(H,18,21). The molecule has 108 valence electrons. The highest BCUT2D eigenvalue weighted by molar-refractivity contribution is 6.09. The lowest BCUT2D eigenvalue weighted by Crippen LogP contribution is -2.31. The van der Waals surface area contributed by atoms with Crippen LogP contribution in [0.2, 0.25) is 0 Å². The van der Waals surface area contributed by atoms with E-state index in [2.05, 4.69) is 15.5 Å². The van der Waals surface area contributed by atoms with Crippen molar-refractivity contribution in [2.45, 2.75) is 32.6 Å². The summed E-state index contributed by atoms with van der Waals surface area (Å²) in [5, 5.41) is 4.14. The Labute approximate surface area is 123 Å². The van der Waals surface area contributed by atoms with E-state index < -0.39 is 0 Å². The smallest absolute Gasteiger partial charge is 0.240 e. The molecule has 1 heterocycles. The van der Waals surface area contributed by atoms with E-state index >= 15 is 0 Å². The van der Waals surface area contributed by atoms with Crippen LogP contribution in [0.15, 0.2) is 34.4 Å². The average molecular weight is 283 g/mol. The van der Waals surface area contributed by atoms with Gasteiger partial charge in [0.1, 0.15) is 5.78 Å². The minimum absolute atomic E-state index is 0.0415. The summed E-state index contributed by atoms with van der Waals surface area (Å²) in [4.78, 5) is 27.0. The van der Waals surface area contributed by atoms with E-state index in [9.17, 15) is 9.59 Å². The molecular weight excluding hydrogens is 266 g/mol. The highest BCUT2D eigenvalue weighted by Crippen LogP contribution is 2.22. The van der Waals surface area contributed by atoms with E-state index in [1.54, 1.807) is 0 Å². The fraction of sp³-hybridized carbons (Fsp3) is 0.375. The molecule has 1 unspecified atom stereocenters. The Morgan fingerprint density at radius 1 is 1.19 bits per heavy atom. The van der Waals surface area contributed by atoms with Crippen LogP contribution in [0, 0.1) is 5.92 Å². The van der Waals surface area contributed by atoms with Crippen molar-refractivity contribution in [2.24, 2.45) is 16.0 Å². The van der Waals surface area contributed by atoms with Gasteiger partial charge in [0, 0.05) is 30.9 Å². The lowest BCUT2D eigenvalue weighted by Gasteiger charge is -2.19. The first-order valence-electron chi connectivity index (χ1n) is 7.17. The van der Waals surface area contributed by atoms with Gasteiger partial charge < -0.3 is 0 Å². The van der Waals surface area contributed by atoms with Crippen molar-refractivity contribution < 1.29 is 9.59 Å². The van der Waals surface area contributed by atoms with E-state index in [-0.39, 0.29) is 17.6 Å². The summed E-state index contributed by atoms with van der Waals surface area (Å²) in [6, 6.07) is 7.78. The van der Waals surface area contributed by atoms with Gasteiger partial charge in [-0.3, -0.25) is 14.6 Å². The molecule has 0 spiro atoms. The van der Waals surface area contributed by atoms with Crippen LogP contribution in [0.1, 0.15) is 38.2 Å². The maximum atomic E-state index is 11.3. The zero-order valence-corrected chi connectivity index (χ0v) is 11.9. The number of hydrogen-bond donors (Lipinski definition) is 1. The van der Waals surface area contributed by atoms with Gasteiger partial charge in [0.2, 0.25) is 5.91 Å². The van der Waals surface area contributed by atoms with Crippen LogP contribution < -0.4 is 5.43 Å². The number of Topliss-reactive ketones (excluding diaryl/α,β-unsaturated/α-hetero) is 1. The molecule has 0 saturated heterocycles. The van der Waals surface area contributed by atoms with Crippen LogP contribution in [0.5, 0.6) is 0 Å². The lowest BCUT2D eigenvalue weighted by molar-refractivity contribution is -0.122. The van der Waals surface area contributed by atoms with Crippen LogP contribution in [-0.4, -0.2) is 23.1 Å². The van der Waals surface area contributed by atoms with Gasteiger partial charge in [-0.05, 0) is 24.1 Å². The van der Waals surface area contributed by atoms with Crippen molar-refractivity contribution in [3.63, 3.8) is 0 Å². The zero-order chi connectivity index (χ0) is 14.8. The first kappa shape index (κ1) is 13.7. The molecular formula is C16H17N3O2. The van der Waals surface area contributed by atoms with Crippen LogP contribution in [0.4, 0.5) is 5.69 Å². The van der Waals surface area contributed by atoms with Gasteiger partial charge in [-0.1, -0.05) is 19.1 Å². The van der Waals surface area contributed by atoms with E-state index in [1.807, 2.05) is 31.2 Å². The van der Waals surface area contributed by atoms with Crippen LogP contribution in [0.3, 0.4) is 0 Å². The third-order valence-electron chi connectivity index (χ3n) is 3.80. The normalized spacial score (nSPS) is 24.1. The summed E-state index contributed by atoms with van der Waals surface area (Å²) >= 11 is 0. The summed E-state index contributed by atoms with van der Waals surface area (Å²) in [6.45, 7) is 2.00. The van der Waals surface area contributed by atoms with E-state index in [4.69, 9.17) is 0 Å². The molecule has 1 aliphatic heterocycles. The molecule has 1 amide bonds. The highest BCUT2D eigenvalue weighted by atomic mass is 16.2. The third kappa shape index (κ3) is 3.07. The molecule has 1 aliphatic carbocycles. The van der Waals surface area contributed by atoms with Crippen molar-refractivity contribution in [1.82, 2.24) is 5.43 Å². The molecule has 1 N–H and O–H groups in total. The Morgan fingerprint density at radius 2 is 1.95 bits per heavy atom. The maximum absolute atomic E-state index is 11.3. The molecule has 21 heavy (non-hydrogen) atoms. The summed E-state index contributed by atoms with van der Waals surface area (Å²) in [5.74, 6) is 0.343. The van der Waals surface area contributed by atoms with Gasteiger partial charge in [0.05, 0.1) is 11.4 Å². The molecule has 1 saturated carbocycles. The second kappa shape index (κ2) is 5.60. The number of ketones is 1. The number of benzene rings is 1. The Morgan fingerprint density at radius 3 is 2.57 bits per heavy atom. The molecule has 0 radical (unpaired) electrons. The number of hydrogen-bond acceptors (Lipinski definition) is 4. The number of nitrogens with one attached hydrogen (secondary N) is 1. The number of aliphatic imine (C=N–C) groups is 1. The molecule has 5 heteroatoms. The minimum atomic E-state index is -0.0415. The monoisotopic (exact) mass is 283 g/mol. The molecule has 3 rings (SSSR count). The topological polar surface area (TPSA) is 70.9 Å². The molecule has 1 aromatic carbocycles. The molecule has 0 bridgehead atoms. The van der Waals surface area contributed by atoms with Gasteiger partial charge in [0.25, 0.3) is 0 Å². The Hall–Kier alpha value is -2.30. The van der Waals surface area contributed by atoms with Gasteiger partial charge in [0.15, 0.2) is 0 Å². The summed E-state index contributed by atoms with van der Waals surface area (Å²) < 4.78 is 0. The Balaban J connectivity index is 1.78. The van der Waals surface area contributed by atoms with Crippen molar-refractivity contribution in [3.8, 4) is 0 Å². The molecule has 1 fully saturated rings. The van der Waals surface area contributed by atoms with Crippen molar-refractivity contribution >= 4 is 28.8 Å². The molecule has 1 atom stereocenters. The molecule has 5 nitrogen and oxygen atoms in total. The number of hydrazone groups is 1. The maximum Gasteiger partial charge on any atom is 0.240 e. The predicted molar refractivity (Wildman–Crippen MR) is 80.9 cm³/mol. The number of nitrogens with zero attached hydrogens (tertiary/aromatic N) is 2. The van der Waals surface area contributed by atoms with Crippen LogP contribution >= 0.6 is 0 Å².